The van der Waals surface area contributed by atoms with Crippen LogP contribution in [0.5, 0.6) is 0 Å². The van der Waals surface area contributed by atoms with Crippen LogP contribution in [0.1, 0.15) is 28.8 Å². The molecular weight excluding hydrogens is 231 g/mol. The average Bonchev–Trinajstić information content (AvgIpc) is 2.48. The van der Waals surface area contributed by atoms with E-state index in [9.17, 15) is 22.8 Å². The largest absolute Gasteiger partial charge is 0.434 e. The monoisotopic (exact) mass is 237 g/mol. The maximum absolute atomic E-state index is 12.1. The molecule has 0 aliphatic heterocycles. The predicted octanol–water partition coefficient (Wildman–Crippen LogP) is 2.32. The number of carbonyl (C=O) groups is 2. The molecule has 1 aromatic rings. The van der Waals surface area contributed by atoms with E-state index in [4.69, 9.17) is 0 Å². The van der Waals surface area contributed by atoms with Crippen molar-refractivity contribution >= 4 is 22.9 Å². The van der Waals surface area contributed by atoms with Gasteiger partial charge in [0.25, 0.3) is 0 Å². The molecule has 0 aromatic carbocycles. The molecule has 1 rings (SSSR count). The molecule has 7 heteroatoms. The number of aromatic nitrogens is 1. The normalized spacial score (nSPS) is 11.5. The van der Waals surface area contributed by atoms with Gasteiger partial charge >= 0.3 is 6.18 Å². The van der Waals surface area contributed by atoms with Crippen LogP contribution >= 0.6 is 11.3 Å². The molecule has 0 aliphatic rings. The summed E-state index contributed by atoms with van der Waals surface area (Å²) in [4.78, 5) is 24.8. The minimum absolute atomic E-state index is 0.280. The lowest BCUT2D eigenvalue weighted by Crippen LogP contribution is -2.08. The molecule has 0 radical (unpaired) electrons. The van der Waals surface area contributed by atoms with Gasteiger partial charge in [-0.3, -0.25) is 9.59 Å². The summed E-state index contributed by atoms with van der Waals surface area (Å²) < 4.78 is 36.3. The zero-order chi connectivity index (χ0) is 11.6. The first-order valence-corrected chi connectivity index (χ1v) is 4.74. The molecule has 0 saturated heterocycles. The highest BCUT2D eigenvalue weighted by Crippen LogP contribution is 2.30. The summed E-state index contributed by atoms with van der Waals surface area (Å²) in [7, 11) is 0. The van der Waals surface area contributed by atoms with E-state index in [0.29, 0.717) is 11.3 Å². The third kappa shape index (κ3) is 3.12. The van der Waals surface area contributed by atoms with Crippen LogP contribution in [0.25, 0.3) is 0 Å². The van der Waals surface area contributed by atoms with Gasteiger partial charge < -0.3 is 0 Å². The van der Waals surface area contributed by atoms with Crippen molar-refractivity contribution in [2.24, 2.45) is 0 Å². The van der Waals surface area contributed by atoms with Crippen molar-refractivity contribution in [1.29, 1.82) is 0 Å². The number of hydrogen-bond acceptors (Lipinski definition) is 4. The number of Topliss-reactive ketones (excluding diaryl/α,β-unsaturated/α-hetero) is 2. The fourth-order valence-corrected chi connectivity index (χ4v) is 1.60. The minimum Gasteiger partial charge on any atom is -0.300 e. The van der Waals surface area contributed by atoms with Gasteiger partial charge in [0.1, 0.15) is 5.78 Å². The Morgan fingerprint density at radius 2 is 2.07 bits per heavy atom. The molecule has 0 atom stereocenters. The van der Waals surface area contributed by atoms with Gasteiger partial charge in [-0.2, -0.15) is 13.2 Å². The fourth-order valence-electron chi connectivity index (χ4n) is 0.834. The Morgan fingerprint density at radius 1 is 1.47 bits per heavy atom. The first-order valence-electron chi connectivity index (χ1n) is 3.86. The second kappa shape index (κ2) is 4.09. The summed E-state index contributed by atoms with van der Waals surface area (Å²) in [6.07, 6.45) is -4.96. The summed E-state index contributed by atoms with van der Waals surface area (Å²) in [6.45, 7) is 1.19. The zero-order valence-corrected chi connectivity index (χ0v) is 8.41. The van der Waals surface area contributed by atoms with E-state index in [-0.39, 0.29) is 5.01 Å². The van der Waals surface area contributed by atoms with Crippen LogP contribution < -0.4 is 0 Å². The molecule has 0 aliphatic carbocycles. The van der Waals surface area contributed by atoms with Crippen LogP contribution in [0.15, 0.2) is 5.38 Å². The summed E-state index contributed by atoms with van der Waals surface area (Å²) in [6, 6.07) is 0. The zero-order valence-electron chi connectivity index (χ0n) is 7.59. The number of carbonyl (C=O) groups excluding carboxylic acids is 2. The minimum atomic E-state index is -4.55. The number of alkyl halides is 3. The molecule has 1 aromatic heterocycles. The second-order valence-corrected chi connectivity index (χ2v) is 3.70. The number of ketones is 2. The molecule has 82 valence electrons. The molecule has 3 nitrogen and oxygen atoms in total. The van der Waals surface area contributed by atoms with Crippen molar-refractivity contribution in [3.8, 4) is 0 Å². The van der Waals surface area contributed by atoms with Gasteiger partial charge in [-0.05, 0) is 6.92 Å². The molecule has 0 saturated carbocycles. The van der Waals surface area contributed by atoms with Gasteiger partial charge in [-0.1, -0.05) is 0 Å². The van der Waals surface area contributed by atoms with Crippen LogP contribution in [0.2, 0.25) is 0 Å². The Hall–Kier alpha value is -1.24. The van der Waals surface area contributed by atoms with E-state index in [1.54, 1.807) is 0 Å². The molecule has 0 N–H and O–H groups in total. The topological polar surface area (TPSA) is 47.0 Å². The number of halogens is 3. The van der Waals surface area contributed by atoms with Crippen LogP contribution in [0.4, 0.5) is 13.2 Å². The van der Waals surface area contributed by atoms with E-state index in [0.717, 1.165) is 5.38 Å². The molecular formula is C8H6F3NO2S. The van der Waals surface area contributed by atoms with Crippen molar-refractivity contribution < 1.29 is 22.8 Å². The molecule has 0 spiro atoms. The Labute approximate surface area is 86.9 Å². The van der Waals surface area contributed by atoms with Gasteiger partial charge in [0.15, 0.2) is 16.5 Å². The molecule has 15 heavy (non-hydrogen) atoms. The van der Waals surface area contributed by atoms with Crippen LogP contribution in [0.3, 0.4) is 0 Å². The molecule has 0 fully saturated rings. The van der Waals surface area contributed by atoms with E-state index >= 15 is 0 Å². The quantitative estimate of drug-likeness (QED) is 0.598. The van der Waals surface area contributed by atoms with Gasteiger partial charge in [0.2, 0.25) is 0 Å². The Bertz CT molecular complexity index is 397. The number of nitrogens with zero attached hydrogens (tertiary/aromatic N) is 1. The summed E-state index contributed by atoms with van der Waals surface area (Å²) in [5.74, 6) is -1.08. The summed E-state index contributed by atoms with van der Waals surface area (Å²) in [5, 5.41) is 0.477. The standard InChI is InChI=1S/C8H6F3NO2S/c1-4(13)2-5(14)7-12-6(3-15-7)8(9,10)11/h3H,2H2,1H3. The van der Waals surface area contributed by atoms with Gasteiger partial charge in [0, 0.05) is 5.38 Å². The molecule has 0 amide bonds. The lowest BCUT2D eigenvalue weighted by molar-refractivity contribution is -0.140. The highest BCUT2D eigenvalue weighted by atomic mass is 32.1. The molecule has 0 unspecified atom stereocenters. The van der Waals surface area contributed by atoms with E-state index in [1.165, 1.54) is 6.92 Å². The van der Waals surface area contributed by atoms with Crippen molar-refractivity contribution in [3.63, 3.8) is 0 Å². The fraction of sp³-hybridized carbons (Fsp3) is 0.375. The second-order valence-electron chi connectivity index (χ2n) is 2.84. The Kier molecular flexibility index (Phi) is 3.23. The first-order chi connectivity index (χ1) is 6.80. The van der Waals surface area contributed by atoms with Gasteiger partial charge in [0.05, 0.1) is 6.42 Å². The molecule has 0 bridgehead atoms. The Morgan fingerprint density at radius 3 is 2.47 bits per heavy atom. The molecule has 1 heterocycles. The van der Waals surface area contributed by atoms with E-state index < -0.39 is 29.9 Å². The van der Waals surface area contributed by atoms with Crippen LogP contribution in [0, 0.1) is 0 Å². The Balaban J connectivity index is 2.85. The van der Waals surface area contributed by atoms with Crippen LogP contribution in [-0.2, 0) is 11.0 Å². The smallest absolute Gasteiger partial charge is 0.300 e. The average molecular weight is 237 g/mol. The van der Waals surface area contributed by atoms with Gasteiger partial charge in [-0.25, -0.2) is 4.98 Å². The summed E-state index contributed by atoms with van der Waals surface area (Å²) in [5.41, 5.74) is -1.10. The van der Waals surface area contributed by atoms with Crippen molar-refractivity contribution in [2.75, 3.05) is 0 Å². The van der Waals surface area contributed by atoms with E-state index in [2.05, 4.69) is 4.98 Å². The van der Waals surface area contributed by atoms with Crippen LogP contribution in [-0.4, -0.2) is 16.6 Å². The third-order valence-electron chi connectivity index (χ3n) is 1.44. The lowest BCUT2D eigenvalue weighted by atomic mass is 10.2. The van der Waals surface area contributed by atoms with Crippen molar-refractivity contribution in [2.45, 2.75) is 19.5 Å². The number of thiazole rings is 1. The van der Waals surface area contributed by atoms with Crippen molar-refractivity contribution in [3.05, 3.63) is 16.1 Å². The van der Waals surface area contributed by atoms with E-state index in [1.807, 2.05) is 0 Å². The predicted molar refractivity (Wildman–Crippen MR) is 46.7 cm³/mol. The van der Waals surface area contributed by atoms with Crippen molar-refractivity contribution in [1.82, 2.24) is 4.98 Å². The third-order valence-corrected chi connectivity index (χ3v) is 2.33. The number of hydrogen-bond donors (Lipinski definition) is 0. The maximum Gasteiger partial charge on any atom is 0.434 e. The highest BCUT2D eigenvalue weighted by molar-refractivity contribution is 7.11. The van der Waals surface area contributed by atoms with Gasteiger partial charge in [-0.15, -0.1) is 11.3 Å². The SMILES string of the molecule is CC(=O)CC(=O)c1nc(C(F)(F)F)cs1. The lowest BCUT2D eigenvalue weighted by Gasteiger charge is -1.99. The highest BCUT2D eigenvalue weighted by Gasteiger charge is 2.34. The maximum atomic E-state index is 12.1. The first kappa shape index (κ1) is 11.8. The summed E-state index contributed by atoms with van der Waals surface area (Å²) >= 11 is 0.594. The number of rotatable bonds is 3.